The van der Waals surface area contributed by atoms with Crippen molar-refractivity contribution in [3.8, 4) is 0 Å². The zero-order chi connectivity index (χ0) is 11.6. The molecular weight excluding hydrogens is 196 g/mol. The average Bonchev–Trinajstić information content (AvgIpc) is 2.33. The number of likely N-dealkylation sites (tertiary alicyclic amines) is 1. The van der Waals surface area contributed by atoms with Crippen molar-refractivity contribution in [2.45, 2.75) is 52.4 Å². The summed E-state index contributed by atoms with van der Waals surface area (Å²) in [6, 6.07) is 0. The van der Waals surface area contributed by atoms with E-state index in [0.717, 1.165) is 12.5 Å². The molecule has 1 rings (SSSR count). The predicted molar refractivity (Wildman–Crippen MR) is 71.8 cm³/mol. The Kier molecular flexibility index (Phi) is 7.87. The molecule has 0 amide bonds. The van der Waals surface area contributed by atoms with Gasteiger partial charge in [-0.15, -0.1) is 0 Å². The second-order valence-corrected chi connectivity index (χ2v) is 5.18. The van der Waals surface area contributed by atoms with Crippen LogP contribution < -0.4 is 5.32 Å². The van der Waals surface area contributed by atoms with Crippen molar-refractivity contribution >= 4 is 0 Å². The maximum absolute atomic E-state index is 3.49. The summed E-state index contributed by atoms with van der Waals surface area (Å²) in [6.07, 6.45) is 8.42. The number of hydrogen-bond acceptors (Lipinski definition) is 2. The summed E-state index contributed by atoms with van der Waals surface area (Å²) in [7, 11) is 0. The summed E-state index contributed by atoms with van der Waals surface area (Å²) in [4.78, 5) is 2.68. The third-order valence-electron chi connectivity index (χ3n) is 3.61. The summed E-state index contributed by atoms with van der Waals surface area (Å²) in [6.45, 7) is 10.8. The molecule has 0 aliphatic carbocycles. The Morgan fingerprint density at radius 3 is 2.81 bits per heavy atom. The molecule has 2 nitrogen and oxygen atoms in total. The van der Waals surface area contributed by atoms with Crippen LogP contribution in [-0.2, 0) is 0 Å². The molecule has 1 atom stereocenters. The summed E-state index contributed by atoms with van der Waals surface area (Å²) in [5, 5.41) is 3.49. The first kappa shape index (κ1) is 14.0. The van der Waals surface area contributed by atoms with Crippen LogP contribution in [0.15, 0.2) is 0 Å². The molecule has 1 N–H and O–H groups in total. The van der Waals surface area contributed by atoms with E-state index in [1.54, 1.807) is 0 Å². The highest BCUT2D eigenvalue weighted by Crippen LogP contribution is 2.16. The third-order valence-corrected chi connectivity index (χ3v) is 3.61. The van der Waals surface area contributed by atoms with Crippen LogP contribution in [0.2, 0.25) is 0 Å². The van der Waals surface area contributed by atoms with Crippen LogP contribution in [0.25, 0.3) is 0 Å². The van der Waals surface area contributed by atoms with Crippen molar-refractivity contribution < 1.29 is 0 Å². The van der Waals surface area contributed by atoms with Crippen molar-refractivity contribution in [1.29, 1.82) is 0 Å². The highest BCUT2D eigenvalue weighted by atomic mass is 15.1. The maximum atomic E-state index is 3.49. The quantitative estimate of drug-likeness (QED) is 0.640. The second kappa shape index (κ2) is 9.00. The summed E-state index contributed by atoms with van der Waals surface area (Å²) >= 11 is 0. The second-order valence-electron chi connectivity index (χ2n) is 5.18. The Hall–Kier alpha value is -0.0800. The molecule has 1 aliphatic heterocycles. The fourth-order valence-electron chi connectivity index (χ4n) is 2.63. The SMILES string of the molecule is CCCCCCN1CCCC(CNCC)C1. The Morgan fingerprint density at radius 2 is 2.06 bits per heavy atom. The molecule has 0 aromatic heterocycles. The standard InChI is InChI=1S/C14H30N2/c1-3-5-6-7-10-16-11-8-9-14(13-16)12-15-4-2/h14-15H,3-13H2,1-2H3. The van der Waals surface area contributed by atoms with E-state index in [9.17, 15) is 0 Å². The van der Waals surface area contributed by atoms with Crippen LogP contribution >= 0.6 is 0 Å². The molecule has 0 aromatic carbocycles. The van der Waals surface area contributed by atoms with Gasteiger partial charge in [0.1, 0.15) is 0 Å². The lowest BCUT2D eigenvalue weighted by Crippen LogP contribution is -2.40. The van der Waals surface area contributed by atoms with E-state index in [4.69, 9.17) is 0 Å². The first-order valence-electron chi connectivity index (χ1n) is 7.29. The van der Waals surface area contributed by atoms with Gasteiger partial charge in [0.15, 0.2) is 0 Å². The number of unbranched alkanes of at least 4 members (excludes halogenated alkanes) is 3. The van der Waals surface area contributed by atoms with E-state index in [-0.39, 0.29) is 0 Å². The van der Waals surface area contributed by atoms with Crippen molar-refractivity contribution in [1.82, 2.24) is 10.2 Å². The average molecular weight is 226 g/mol. The van der Waals surface area contributed by atoms with E-state index in [1.807, 2.05) is 0 Å². The van der Waals surface area contributed by atoms with Gasteiger partial charge in [-0.05, 0) is 51.4 Å². The van der Waals surface area contributed by atoms with Crippen LogP contribution in [0, 0.1) is 5.92 Å². The Balaban J connectivity index is 2.07. The molecule has 0 bridgehead atoms. The van der Waals surface area contributed by atoms with Gasteiger partial charge in [0.2, 0.25) is 0 Å². The highest BCUT2D eigenvalue weighted by Gasteiger charge is 2.18. The molecule has 1 fully saturated rings. The Morgan fingerprint density at radius 1 is 1.19 bits per heavy atom. The van der Waals surface area contributed by atoms with Crippen molar-refractivity contribution in [2.75, 3.05) is 32.7 Å². The largest absolute Gasteiger partial charge is 0.317 e. The van der Waals surface area contributed by atoms with Crippen molar-refractivity contribution in [3.05, 3.63) is 0 Å². The van der Waals surface area contributed by atoms with Gasteiger partial charge in [-0.2, -0.15) is 0 Å². The van der Waals surface area contributed by atoms with Crippen LogP contribution in [0.3, 0.4) is 0 Å². The van der Waals surface area contributed by atoms with Crippen molar-refractivity contribution in [2.24, 2.45) is 5.92 Å². The third kappa shape index (κ3) is 5.86. The molecule has 96 valence electrons. The van der Waals surface area contributed by atoms with Gasteiger partial charge in [0.25, 0.3) is 0 Å². The monoisotopic (exact) mass is 226 g/mol. The molecule has 1 heterocycles. The predicted octanol–water partition coefficient (Wildman–Crippen LogP) is 2.89. The number of nitrogens with one attached hydrogen (secondary N) is 1. The topological polar surface area (TPSA) is 15.3 Å². The molecule has 16 heavy (non-hydrogen) atoms. The Labute approximate surface area is 102 Å². The molecule has 1 unspecified atom stereocenters. The normalized spacial score (nSPS) is 22.5. The van der Waals surface area contributed by atoms with E-state index in [2.05, 4.69) is 24.1 Å². The Bertz CT molecular complexity index is 159. The lowest BCUT2D eigenvalue weighted by atomic mass is 9.97. The minimum absolute atomic E-state index is 0.903. The molecule has 1 saturated heterocycles. The molecule has 0 spiro atoms. The zero-order valence-electron chi connectivity index (χ0n) is 11.3. The van der Waals surface area contributed by atoms with Gasteiger partial charge in [-0.1, -0.05) is 33.1 Å². The van der Waals surface area contributed by atoms with Crippen LogP contribution in [-0.4, -0.2) is 37.6 Å². The fourth-order valence-corrected chi connectivity index (χ4v) is 2.63. The van der Waals surface area contributed by atoms with E-state index < -0.39 is 0 Å². The van der Waals surface area contributed by atoms with Crippen LogP contribution in [0.5, 0.6) is 0 Å². The lowest BCUT2D eigenvalue weighted by molar-refractivity contribution is 0.170. The first-order valence-corrected chi connectivity index (χ1v) is 7.29. The number of rotatable bonds is 8. The minimum Gasteiger partial charge on any atom is -0.317 e. The number of piperidine rings is 1. The number of hydrogen-bond donors (Lipinski definition) is 1. The molecule has 2 heteroatoms. The van der Waals surface area contributed by atoms with Gasteiger partial charge in [0, 0.05) is 6.54 Å². The van der Waals surface area contributed by atoms with Gasteiger partial charge in [0.05, 0.1) is 0 Å². The molecular formula is C14H30N2. The van der Waals surface area contributed by atoms with Gasteiger partial charge in [-0.3, -0.25) is 0 Å². The molecule has 0 saturated carbocycles. The molecule has 0 aromatic rings. The maximum Gasteiger partial charge on any atom is 0.00218 e. The smallest absolute Gasteiger partial charge is 0.00218 e. The molecule has 0 radical (unpaired) electrons. The van der Waals surface area contributed by atoms with E-state index >= 15 is 0 Å². The van der Waals surface area contributed by atoms with E-state index in [1.165, 1.54) is 64.7 Å². The minimum atomic E-state index is 0.903. The van der Waals surface area contributed by atoms with Crippen molar-refractivity contribution in [3.63, 3.8) is 0 Å². The van der Waals surface area contributed by atoms with E-state index in [0.29, 0.717) is 0 Å². The first-order chi connectivity index (χ1) is 7.86. The van der Waals surface area contributed by atoms with Gasteiger partial charge < -0.3 is 10.2 Å². The zero-order valence-corrected chi connectivity index (χ0v) is 11.3. The van der Waals surface area contributed by atoms with Gasteiger partial charge >= 0.3 is 0 Å². The highest BCUT2D eigenvalue weighted by molar-refractivity contribution is 4.74. The number of nitrogens with zero attached hydrogens (tertiary/aromatic N) is 1. The molecule has 1 aliphatic rings. The summed E-state index contributed by atoms with van der Waals surface area (Å²) in [5.41, 5.74) is 0. The summed E-state index contributed by atoms with van der Waals surface area (Å²) < 4.78 is 0. The fraction of sp³-hybridized carbons (Fsp3) is 1.00. The summed E-state index contributed by atoms with van der Waals surface area (Å²) in [5.74, 6) is 0.903. The van der Waals surface area contributed by atoms with Gasteiger partial charge in [-0.25, -0.2) is 0 Å². The van der Waals surface area contributed by atoms with Crippen LogP contribution in [0.1, 0.15) is 52.4 Å². The lowest BCUT2D eigenvalue weighted by Gasteiger charge is -2.32. The van der Waals surface area contributed by atoms with Crippen LogP contribution in [0.4, 0.5) is 0 Å².